The van der Waals surface area contributed by atoms with Crippen molar-refractivity contribution in [2.45, 2.75) is 19.4 Å². The minimum atomic E-state index is -3.90. The average molecular weight is 432 g/mol. The average Bonchev–Trinajstić information content (AvgIpc) is 2.65. The van der Waals surface area contributed by atoms with Crippen molar-refractivity contribution in [3.8, 4) is 5.75 Å². The second-order valence-electron chi connectivity index (χ2n) is 7.15. The summed E-state index contributed by atoms with van der Waals surface area (Å²) in [6.45, 7) is 3.46. The summed E-state index contributed by atoms with van der Waals surface area (Å²) in [5, 5.41) is 2.76. The number of carbonyl (C=O) groups is 2. The number of primary amides is 1. The molecular formula is C18H20N6O5S. The number of anilines is 1. The van der Waals surface area contributed by atoms with E-state index in [1.165, 1.54) is 24.4 Å². The molecule has 0 radical (unpaired) electrons. The summed E-state index contributed by atoms with van der Waals surface area (Å²) >= 11 is 0. The summed E-state index contributed by atoms with van der Waals surface area (Å²) in [5.74, 6) is -1.09. The number of carbonyl (C=O) groups excluding carboxylic acids is 2. The number of hydrogen-bond donors (Lipinski definition) is 4. The molecule has 12 heteroatoms. The normalized spacial score (nSPS) is 14.7. The molecule has 1 aromatic heterocycles. The molecule has 1 aliphatic heterocycles. The molecule has 2 amide bonds. The van der Waals surface area contributed by atoms with Crippen LogP contribution < -0.4 is 26.2 Å². The second kappa shape index (κ2) is 7.63. The molecule has 11 nitrogen and oxygen atoms in total. The zero-order valence-electron chi connectivity index (χ0n) is 16.2. The van der Waals surface area contributed by atoms with E-state index in [0.717, 1.165) is 0 Å². The number of amidine groups is 1. The molecule has 2 heterocycles. The molecule has 0 saturated carbocycles. The third-order valence-electron chi connectivity index (χ3n) is 4.06. The standard InChI is InChI=1S/C18H20N6O5S/c1-18(2,22-17(26)12-8-10(16(20)25)6-7-21-12)9-29-13-5-3-4-11-14(13)15(19)24-30(27,28)23-11/h3-8,23H,9H2,1-2H3,(H2,19,24)(H2,20,25)(H,22,26). The highest BCUT2D eigenvalue weighted by Gasteiger charge is 2.27. The van der Waals surface area contributed by atoms with E-state index < -0.39 is 27.6 Å². The SMILES string of the molecule is CC(C)(COc1cccc2c1C(N)=NS(=O)(=O)N2)NC(=O)c1cc(C(N)=O)ccn1. The van der Waals surface area contributed by atoms with Gasteiger partial charge in [-0.1, -0.05) is 6.07 Å². The van der Waals surface area contributed by atoms with E-state index in [1.54, 1.807) is 26.0 Å². The first-order valence-electron chi connectivity index (χ1n) is 8.70. The van der Waals surface area contributed by atoms with Crippen LogP contribution in [0.2, 0.25) is 0 Å². The van der Waals surface area contributed by atoms with E-state index in [9.17, 15) is 18.0 Å². The van der Waals surface area contributed by atoms with Crippen molar-refractivity contribution < 1.29 is 22.7 Å². The first-order valence-corrected chi connectivity index (χ1v) is 10.1. The highest BCUT2D eigenvalue weighted by Crippen LogP contribution is 2.30. The van der Waals surface area contributed by atoms with E-state index in [-0.39, 0.29) is 29.4 Å². The molecule has 0 atom stereocenters. The second-order valence-corrected chi connectivity index (χ2v) is 8.49. The molecule has 30 heavy (non-hydrogen) atoms. The Bertz CT molecular complexity index is 1160. The van der Waals surface area contributed by atoms with E-state index in [1.807, 2.05) is 0 Å². The summed E-state index contributed by atoms with van der Waals surface area (Å²) in [4.78, 5) is 27.7. The van der Waals surface area contributed by atoms with Gasteiger partial charge in [0.25, 0.3) is 5.91 Å². The van der Waals surface area contributed by atoms with Crippen molar-refractivity contribution in [3.63, 3.8) is 0 Å². The topological polar surface area (TPSA) is 179 Å². The number of aromatic nitrogens is 1. The zero-order valence-corrected chi connectivity index (χ0v) is 17.0. The largest absolute Gasteiger partial charge is 0.490 e. The maximum absolute atomic E-state index is 12.5. The van der Waals surface area contributed by atoms with Crippen LogP contribution in [0.5, 0.6) is 5.75 Å². The third-order valence-corrected chi connectivity index (χ3v) is 4.97. The predicted molar refractivity (Wildman–Crippen MR) is 110 cm³/mol. The first kappa shape index (κ1) is 21.0. The fourth-order valence-electron chi connectivity index (χ4n) is 2.71. The van der Waals surface area contributed by atoms with Crippen LogP contribution in [0.4, 0.5) is 5.69 Å². The van der Waals surface area contributed by atoms with Crippen LogP contribution in [0, 0.1) is 0 Å². The Hall–Kier alpha value is -3.67. The lowest BCUT2D eigenvalue weighted by atomic mass is 10.1. The van der Waals surface area contributed by atoms with Crippen molar-refractivity contribution in [2.24, 2.45) is 15.9 Å². The number of nitrogens with two attached hydrogens (primary N) is 2. The number of ether oxygens (including phenoxy) is 1. The van der Waals surface area contributed by atoms with Crippen molar-refractivity contribution in [1.29, 1.82) is 0 Å². The lowest BCUT2D eigenvalue weighted by Crippen LogP contribution is -2.48. The Morgan fingerprint density at radius 1 is 1.27 bits per heavy atom. The van der Waals surface area contributed by atoms with E-state index >= 15 is 0 Å². The Morgan fingerprint density at radius 2 is 2.00 bits per heavy atom. The van der Waals surface area contributed by atoms with Crippen LogP contribution in [0.1, 0.15) is 40.3 Å². The summed E-state index contributed by atoms with van der Waals surface area (Å²) in [5.41, 5.74) is 10.9. The number of nitrogens with one attached hydrogen (secondary N) is 2. The zero-order chi connectivity index (χ0) is 22.1. The van der Waals surface area contributed by atoms with E-state index in [2.05, 4.69) is 19.4 Å². The highest BCUT2D eigenvalue weighted by molar-refractivity contribution is 7.91. The number of nitrogens with zero attached hydrogens (tertiary/aromatic N) is 2. The Kier molecular flexibility index (Phi) is 5.35. The summed E-state index contributed by atoms with van der Waals surface area (Å²) in [6, 6.07) is 7.44. The smallest absolute Gasteiger partial charge is 0.344 e. The minimum Gasteiger partial charge on any atom is -0.490 e. The molecule has 1 aromatic carbocycles. The summed E-state index contributed by atoms with van der Waals surface area (Å²) < 4.78 is 34.9. The molecule has 158 valence electrons. The van der Waals surface area contributed by atoms with Crippen LogP contribution in [0.15, 0.2) is 40.9 Å². The molecule has 0 fully saturated rings. The molecule has 0 spiro atoms. The van der Waals surface area contributed by atoms with E-state index in [4.69, 9.17) is 16.2 Å². The first-order chi connectivity index (χ1) is 14.0. The van der Waals surface area contributed by atoms with Gasteiger partial charge < -0.3 is 21.5 Å². The van der Waals surface area contributed by atoms with Crippen molar-refractivity contribution in [3.05, 3.63) is 53.3 Å². The van der Waals surface area contributed by atoms with Gasteiger partial charge in [-0.2, -0.15) is 8.42 Å². The van der Waals surface area contributed by atoms with Crippen LogP contribution in [0.3, 0.4) is 0 Å². The summed E-state index contributed by atoms with van der Waals surface area (Å²) in [6.07, 6.45) is 1.32. The highest BCUT2D eigenvalue weighted by atomic mass is 32.2. The van der Waals surface area contributed by atoms with Gasteiger partial charge in [-0.3, -0.25) is 19.3 Å². The number of fused-ring (bicyclic) bond motifs is 1. The number of hydrogen-bond acceptors (Lipinski definition) is 7. The van der Waals surface area contributed by atoms with Gasteiger partial charge in [-0.15, -0.1) is 4.40 Å². The third kappa shape index (κ3) is 4.66. The monoisotopic (exact) mass is 432 g/mol. The quantitative estimate of drug-likeness (QED) is 0.501. The van der Waals surface area contributed by atoms with Gasteiger partial charge in [0.2, 0.25) is 5.91 Å². The molecular weight excluding hydrogens is 412 g/mol. The van der Waals surface area contributed by atoms with Gasteiger partial charge in [0.1, 0.15) is 18.1 Å². The van der Waals surface area contributed by atoms with Crippen molar-refractivity contribution >= 4 is 33.5 Å². The van der Waals surface area contributed by atoms with Gasteiger partial charge in [-0.25, -0.2) is 0 Å². The van der Waals surface area contributed by atoms with E-state index in [0.29, 0.717) is 11.3 Å². The van der Waals surface area contributed by atoms with Crippen molar-refractivity contribution in [2.75, 3.05) is 11.3 Å². The lowest BCUT2D eigenvalue weighted by Gasteiger charge is -2.27. The number of pyridine rings is 1. The summed E-state index contributed by atoms with van der Waals surface area (Å²) in [7, 11) is -3.90. The maximum Gasteiger partial charge on any atom is 0.344 e. The Balaban J connectivity index is 1.74. The van der Waals surface area contributed by atoms with Gasteiger partial charge in [0, 0.05) is 11.8 Å². The Morgan fingerprint density at radius 3 is 2.70 bits per heavy atom. The Labute approximate surface area is 172 Å². The predicted octanol–water partition coefficient (Wildman–Crippen LogP) is 0.144. The maximum atomic E-state index is 12.5. The van der Waals surface area contributed by atoms with Gasteiger partial charge in [0.15, 0.2) is 5.84 Å². The van der Waals surface area contributed by atoms with Gasteiger partial charge in [-0.05, 0) is 38.1 Å². The number of rotatable bonds is 6. The fourth-order valence-corrected chi connectivity index (χ4v) is 3.56. The molecule has 0 saturated heterocycles. The van der Waals surface area contributed by atoms with Crippen LogP contribution in [-0.2, 0) is 10.2 Å². The molecule has 2 aromatic rings. The molecule has 6 N–H and O–H groups in total. The molecule has 1 aliphatic rings. The van der Waals surface area contributed by atoms with Crippen LogP contribution in [0.25, 0.3) is 0 Å². The minimum absolute atomic E-state index is 0.0186. The lowest BCUT2D eigenvalue weighted by molar-refractivity contribution is 0.0875. The van der Waals surface area contributed by atoms with Gasteiger partial charge >= 0.3 is 10.2 Å². The molecule has 3 rings (SSSR count). The molecule has 0 unspecified atom stereocenters. The molecule has 0 bridgehead atoms. The van der Waals surface area contributed by atoms with Crippen LogP contribution >= 0.6 is 0 Å². The van der Waals surface area contributed by atoms with Crippen molar-refractivity contribution in [1.82, 2.24) is 10.3 Å². The number of benzene rings is 1. The van der Waals surface area contributed by atoms with Crippen LogP contribution in [-0.4, -0.2) is 43.2 Å². The van der Waals surface area contributed by atoms with Gasteiger partial charge in [0.05, 0.1) is 16.8 Å². The molecule has 0 aliphatic carbocycles. The number of amides is 2. The fraction of sp³-hybridized carbons (Fsp3) is 0.222.